The summed E-state index contributed by atoms with van der Waals surface area (Å²) in [6.45, 7) is 2.71. The van der Waals surface area contributed by atoms with Crippen molar-refractivity contribution in [3.63, 3.8) is 0 Å². The first kappa shape index (κ1) is 18.7. The SMILES string of the molecule is CC(=O)N1CCC[C@@H](Oc2cc(F)cc(NC(=O)Nc3ccccc3)c2)C1. The summed E-state index contributed by atoms with van der Waals surface area (Å²) in [6.07, 6.45) is 1.43. The van der Waals surface area contributed by atoms with E-state index in [9.17, 15) is 14.0 Å². The summed E-state index contributed by atoms with van der Waals surface area (Å²) >= 11 is 0. The Balaban J connectivity index is 1.63. The molecule has 142 valence electrons. The average molecular weight is 371 g/mol. The van der Waals surface area contributed by atoms with Crippen molar-refractivity contribution in [1.29, 1.82) is 0 Å². The molecule has 3 rings (SSSR count). The molecular weight excluding hydrogens is 349 g/mol. The third kappa shape index (κ3) is 5.44. The minimum Gasteiger partial charge on any atom is -0.488 e. The quantitative estimate of drug-likeness (QED) is 0.857. The fraction of sp³-hybridized carbons (Fsp3) is 0.300. The van der Waals surface area contributed by atoms with Crippen LogP contribution in [-0.2, 0) is 4.79 Å². The van der Waals surface area contributed by atoms with Crippen LogP contribution in [0.5, 0.6) is 5.75 Å². The maximum atomic E-state index is 13.9. The summed E-state index contributed by atoms with van der Waals surface area (Å²) in [4.78, 5) is 25.3. The Morgan fingerprint density at radius 1 is 1.11 bits per heavy atom. The molecule has 2 aromatic rings. The number of ether oxygens (including phenoxy) is 1. The molecule has 0 aromatic heterocycles. The lowest BCUT2D eigenvalue weighted by molar-refractivity contribution is -0.131. The summed E-state index contributed by atoms with van der Waals surface area (Å²) < 4.78 is 19.8. The van der Waals surface area contributed by atoms with Gasteiger partial charge in [-0.25, -0.2) is 9.18 Å². The van der Waals surface area contributed by atoms with E-state index in [1.807, 2.05) is 6.07 Å². The van der Waals surface area contributed by atoms with Gasteiger partial charge >= 0.3 is 6.03 Å². The van der Waals surface area contributed by atoms with Crippen molar-refractivity contribution in [3.8, 4) is 5.75 Å². The molecule has 3 amide bonds. The Morgan fingerprint density at radius 3 is 2.59 bits per heavy atom. The van der Waals surface area contributed by atoms with Crippen molar-refractivity contribution in [2.45, 2.75) is 25.9 Å². The van der Waals surface area contributed by atoms with Gasteiger partial charge in [0, 0.05) is 37.0 Å². The zero-order chi connectivity index (χ0) is 19.2. The molecule has 0 saturated carbocycles. The number of carbonyl (C=O) groups excluding carboxylic acids is 2. The molecule has 0 bridgehead atoms. The third-order valence-corrected chi connectivity index (χ3v) is 4.29. The van der Waals surface area contributed by atoms with Crippen LogP contribution in [-0.4, -0.2) is 36.0 Å². The summed E-state index contributed by atoms with van der Waals surface area (Å²) in [6, 6.07) is 12.5. The molecular formula is C20H22FN3O3. The first-order valence-electron chi connectivity index (χ1n) is 8.85. The Kier molecular flexibility index (Phi) is 5.90. The van der Waals surface area contributed by atoms with Crippen LogP contribution >= 0.6 is 0 Å². The molecule has 7 heteroatoms. The van der Waals surface area contributed by atoms with Crippen LogP contribution < -0.4 is 15.4 Å². The standard InChI is InChI=1S/C20H22FN3O3/c1-14(25)24-9-5-8-18(13-24)27-19-11-15(21)10-17(12-19)23-20(26)22-16-6-3-2-4-7-16/h2-4,6-7,10-12,18H,5,8-9,13H2,1H3,(H2,22,23,26)/t18-/m1/s1. The van der Waals surface area contributed by atoms with Gasteiger partial charge in [-0.15, -0.1) is 0 Å². The van der Waals surface area contributed by atoms with E-state index in [4.69, 9.17) is 4.74 Å². The fourth-order valence-corrected chi connectivity index (χ4v) is 3.03. The Bertz CT molecular complexity index is 813. The number of likely N-dealkylation sites (tertiary alicyclic amines) is 1. The number of benzene rings is 2. The van der Waals surface area contributed by atoms with Crippen LogP contribution in [0.1, 0.15) is 19.8 Å². The number of nitrogens with one attached hydrogen (secondary N) is 2. The van der Waals surface area contributed by atoms with Crippen LogP contribution in [0.3, 0.4) is 0 Å². The topological polar surface area (TPSA) is 70.7 Å². The van der Waals surface area contributed by atoms with Gasteiger partial charge in [-0.3, -0.25) is 4.79 Å². The number of hydrogen-bond donors (Lipinski definition) is 2. The lowest BCUT2D eigenvalue weighted by atomic mass is 10.1. The van der Waals surface area contributed by atoms with E-state index >= 15 is 0 Å². The van der Waals surface area contributed by atoms with Crippen molar-refractivity contribution in [2.24, 2.45) is 0 Å². The van der Waals surface area contributed by atoms with E-state index in [1.54, 1.807) is 35.2 Å². The van der Waals surface area contributed by atoms with Gasteiger partial charge in [0.15, 0.2) is 0 Å². The second-order valence-electron chi connectivity index (χ2n) is 6.47. The van der Waals surface area contributed by atoms with Crippen LogP contribution in [0.4, 0.5) is 20.6 Å². The molecule has 27 heavy (non-hydrogen) atoms. The number of hydrogen-bond acceptors (Lipinski definition) is 3. The Hall–Kier alpha value is -3.09. The van der Waals surface area contributed by atoms with Crippen molar-refractivity contribution in [3.05, 3.63) is 54.3 Å². The molecule has 1 aliphatic rings. The minimum atomic E-state index is -0.512. The maximum Gasteiger partial charge on any atom is 0.323 e. The van der Waals surface area contributed by atoms with Crippen LogP contribution in [0.2, 0.25) is 0 Å². The number of para-hydroxylation sites is 1. The summed E-state index contributed by atoms with van der Waals surface area (Å²) in [5.74, 6) is -0.190. The summed E-state index contributed by atoms with van der Waals surface area (Å²) in [5.41, 5.74) is 0.923. The normalized spacial score (nSPS) is 16.5. The van der Waals surface area contributed by atoms with Gasteiger partial charge in [-0.1, -0.05) is 18.2 Å². The highest BCUT2D eigenvalue weighted by Gasteiger charge is 2.23. The van der Waals surface area contributed by atoms with Crippen molar-refractivity contribution >= 4 is 23.3 Å². The van der Waals surface area contributed by atoms with Gasteiger partial charge in [0.2, 0.25) is 5.91 Å². The molecule has 0 unspecified atom stereocenters. The fourth-order valence-electron chi connectivity index (χ4n) is 3.03. The highest BCUT2D eigenvalue weighted by molar-refractivity contribution is 5.99. The molecule has 1 saturated heterocycles. The van der Waals surface area contributed by atoms with E-state index in [0.29, 0.717) is 24.5 Å². The molecule has 2 N–H and O–H groups in total. The van der Waals surface area contributed by atoms with E-state index in [-0.39, 0.29) is 17.7 Å². The minimum absolute atomic E-state index is 0.00230. The number of nitrogens with zero attached hydrogens (tertiary/aromatic N) is 1. The predicted octanol–water partition coefficient (Wildman–Crippen LogP) is 3.86. The number of piperidine rings is 1. The Labute approximate surface area is 157 Å². The number of anilines is 2. The van der Waals surface area contributed by atoms with Gasteiger partial charge in [-0.05, 0) is 31.0 Å². The highest BCUT2D eigenvalue weighted by atomic mass is 19.1. The molecule has 0 radical (unpaired) electrons. The number of urea groups is 1. The molecule has 1 atom stereocenters. The van der Waals surface area contributed by atoms with Crippen LogP contribution in [0, 0.1) is 5.82 Å². The number of halogens is 1. The highest BCUT2D eigenvalue weighted by Crippen LogP contribution is 2.24. The molecule has 2 aromatic carbocycles. The molecule has 1 fully saturated rings. The predicted molar refractivity (Wildman–Crippen MR) is 101 cm³/mol. The monoisotopic (exact) mass is 371 g/mol. The van der Waals surface area contributed by atoms with Crippen molar-refractivity contribution < 1.29 is 18.7 Å². The number of rotatable bonds is 4. The molecule has 0 spiro atoms. The second kappa shape index (κ2) is 8.53. The Morgan fingerprint density at radius 2 is 1.85 bits per heavy atom. The van der Waals surface area contributed by atoms with E-state index in [0.717, 1.165) is 12.8 Å². The molecule has 1 aliphatic heterocycles. The van der Waals surface area contributed by atoms with Gasteiger partial charge in [0.1, 0.15) is 17.7 Å². The van der Waals surface area contributed by atoms with Crippen molar-refractivity contribution in [2.75, 3.05) is 23.7 Å². The second-order valence-corrected chi connectivity index (χ2v) is 6.47. The van der Waals surface area contributed by atoms with Crippen molar-refractivity contribution in [1.82, 2.24) is 4.90 Å². The summed E-state index contributed by atoms with van der Waals surface area (Å²) in [5, 5.41) is 5.27. The van der Waals surface area contributed by atoms with Crippen LogP contribution in [0.15, 0.2) is 48.5 Å². The van der Waals surface area contributed by atoms with Gasteiger partial charge < -0.3 is 20.3 Å². The lowest BCUT2D eigenvalue weighted by Crippen LogP contribution is -2.43. The zero-order valence-corrected chi connectivity index (χ0v) is 15.1. The number of carbonyl (C=O) groups is 2. The number of amides is 3. The zero-order valence-electron chi connectivity index (χ0n) is 15.1. The first-order valence-corrected chi connectivity index (χ1v) is 8.85. The van der Waals surface area contributed by atoms with Gasteiger partial charge in [0.25, 0.3) is 0 Å². The average Bonchev–Trinajstić information content (AvgIpc) is 2.62. The van der Waals surface area contributed by atoms with Gasteiger partial charge in [-0.2, -0.15) is 0 Å². The first-order chi connectivity index (χ1) is 13.0. The van der Waals surface area contributed by atoms with E-state index < -0.39 is 11.8 Å². The van der Waals surface area contributed by atoms with E-state index in [1.165, 1.54) is 19.1 Å². The van der Waals surface area contributed by atoms with E-state index in [2.05, 4.69) is 10.6 Å². The molecule has 6 nitrogen and oxygen atoms in total. The molecule has 1 heterocycles. The lowest BCUT2D eigenvalue weighted by Gasteiger charge is -2.32. The third-order valence-electron chi connectivity index (χ3n) is 4.29. The maximum absolute atomic E-state index is 13.9. The van der Waals surface area contributed by atoms with Crippen LogP contribution in [0.25, 0.3) is 0 Å². The smallest absolute Gasteiger partial charge is 0.323 e. The van der Waals surface area contributed by atoms with Gasteiger partial charge in [0.05, 0.1) is 6.54 Å². The summed E-state index contributed by atoms with van der Waals surface area (Å²) in [7, 11) is 0. The molecule has 0 aliphatic carbocycles. The largest absolute Gasteiger partial charge is 0.488 e.